The maximum Gasteiger partial charge on any atom is 0.271 e. The maximum atomic E-state index is 12.4. The zero-order chi connectivity index (χ0) is 20.9. The second kappa shape index (κ2) is 9.21. The first-order valence-corrected chi connectivity index (χ1v) is 11.0. The topological polar surface area (TPSA) is 87.6 Å². The SMILES string of the molecule is O=C(N/N=C\c1ccccc1Br)c1ccc(NS(=O)(=O)c2ccc(Cl)cc2)cc1. The van der Waals surface area contributed by atoms with E-state index in [1.807, 2.05) is 24.3 Å². The molecule has 0 radical (unpaired) electrons. The first-order chi connectivity index (χ1) is 13.8. The largest absolute Gasteiger partial charge is 0.280 e. The number of nitrogens with one attached hydrogen (secondary N) is 2. The molecule has 0 spiro atoms. The molecule has 0 aliphatic rings. The first-order valence-electron chi connectivity index (χ1n) is 8.31. The molecule has 3 aromatic rings. The summed E-state index contributed by atoms with van der Waals surface area (Å²) in [5, 5.41) is 4.38. The molecule has 0 aromatic heterocycles. The van der Waals surface area contributed by atoms with Crippen LogP contribution in [0.25, 0.3) is 0 Å². The van der Waals surface area contributed by atoms with Crippen LogP contribution in [0.15, 0.2) is 87.3 Å². The third-order valence-corrected chi connectivity index (χ3v) is 6.17. The Kier molecular flexibility index (Phi) is 6.68. The van der Waals surface area contributed by atoms with Crippen molar-refractivity contribution < 1.29 is 13.2 Å². The zero-order valence-corrected chi connectivity index (χ0v) is 18.0. The minimum atomic E-state index is -3.75. The average Bonchev–Trinajstić information content (AvgIpc) is 2.70. The number of benzene rings is 3. The van der Waals surface area contributed by atoms with Crippen LogP contribution in [0.5, 0.6) is 0 Å². The Labute approximate surface area is 181 Å². The minimum Gasteiger partial charge on any atom is -0.280 e. The highest BCUT2D eigenvalue weighted by atomic mass is 79.9. The van der Waals surface area contributed by atoms with Crippen LogP contribution in [0, 0.1) is 0 Å². The molecular weight excluding hydrogens is 478 g/mol. The predicted octanol–water partition coefficient (Wildman–Crippen LogP) is 4.67. The van der Waals surface area contributed by atoms with Crippen LogP contribution in [-0.2, 0) is 10.0 Å². The van der Waals surface area contributed by atoms with Gasteiger partial charge in [0.25, 0.3) is 15.9 Å². The van der Waals surface area contributed by atoms with Gasteiger partial charge in [-0.05, 0) is 54.6 Å². The summed E-state index contributed by atoms with van der Waals surface area (Å²) >= 11 is 9.18. The van der Waals surface area contributed by atoms with Gasteiger partial charge in [-0.3, -0.25) is 9.52 Å². The van der Waals surface area contributed by atoms with Crippen LogP contribution < -0.4 is 10.1 Å². The minimum absolute atomic E-state index is 0.0881. The van der Waals surface area contributed by atoms with E-state index in [0.29, 0.717) is 16.3 Å². The van der Waals surface area contributed by atoms with Gasteiger partial charge in [0.05, 0.1) is 11.1 Å². The standard InChI is InChI=1S/C20H15BrClN3O3S/c21-19-4-2-1-3-15(19)13-23-24-20(26)14-5-9-17(10-6-14)25-29(27,28)18-11-7-16(22)8-12-18/h1-13,25H,(H,24,26)/b23-13-. The lowest BCUT2D eigenvalue weighted by atomic mass is 10.2. The fraction of sp³-hybridized carbons (Fsp3) is 0. The average molecular weight is 493 g/mol. The summed E-state index contributed by atoms with van der Waals surface area (Å²) in [4.78, 5) is 12.3. The van der Waals surface area contributed by atoms with Crippen molar-refractivity contribution in [2.75, 3.05) is 4.72 Å². The molecule has 0 aliphatic heterocycles. The Morgan fingerprint density at radius 1 is 0.966 bits per heavy atom. The number of hydrogen-bond acceptors (Lipinski definition) is 4. The molecule has 0 unspecified atom stereocenters. The van der Waals surface area contributed by atoms with Gasteiger partial charge in [0, 0.05) is 26.3 Å². The van der Waals surface area contributed by atoms with Crippen molar-refractivity contribution in [2.45, 2.75) is 4.90 Å². The molecule has 0 bridgehead atoms. The molecular formula is C20H15BrClN3O3S. The number of anilines is 1. The summed E-state index contributed by atoms with van der Waals surface area (Å²) in [6, 6.07) is 19.3. The highest BCUT2D eigenvalue weighted by Crippen LogP contribution is 2.19. The molecule has 3 aromatic carbocycles. The molecule has 148 valence electrons. The Morgan fingerprint density at radius 2 is 1.62 bits per heavy atom. The van der Waals surface area contributed by atoms with Gasteiger partial charge in [0.1, 0.15) is 0 Å². The van der Waals surface area contributed by atoms with Crippen LogP contribution in [-0.4, -0.2) is 20.5 Å². The normalized spacial score (nSPS) is 11.4. The molecule has 0 fully saturated rings. The van der Waals surface area contributed by atoms with E-state index in [1.54, 1.807) is 0 Å². The number of hydrogen-bond donors (Lipinski definition) is 2. The summed E-state index contributed by atoms with van der Waals surface area (Å²) in [5.74, 6) is -0.416. The lowest BCUT2D eigenvalue weighted by Crippen LogP contribution is -2.18. The number of amides is 1. The van der Waals surface area contributed by atoms with Gasteiger partial charge in [-0.2, -0.15) is 5.10 Å². The molecule has 0 atom stereocenters. The number of halogens is 2. The van der Waals surface area contributed by atoms with E-state index in [-0.39, 0.29) is 4.90 Å². The number of hydrazone groups is 1. The van der Waals surface area contributed by atoms with Crippen LogP contribution in [0.2, 0.25) is 5.02 Å². The van der Waals surface area contributed by atoms with Crippen LogP contribution in [0.1, 0.15) is 15.9 Å². The van der Waals surface area contributed by atoms with E-state index in [4.69, 9.17) is 11.6 Å². The zero-order valence-electron chi connectivity index (χ0n) is 14.8. The van der Waals surface area contributed by atoms with Crippen molar-refractivity contribution in [1.82, 2.24) is 5.43 Å². The van der Waals surface area contributed by atoms with E-state index >= 15 is 0 Å². The van der Waals surface area contributed by atoms with E-state index in [1.165, 1.54) is 54.7 Å². The third kappa shape index (κ3) is 5.66. The Balaban J connectivity index is 1.64. The molecule has 0 saturated carbocycles. The third-order valence-electron chi connectivity index (χ3n) is 3.80. The predicted molar refractivity (Wildman–Crippen MR) is 118 cm³/mol. The smallest absolute Gasteiger partial charge is 0.271 e. The quantitative estimate of drug-likeness (QED) is 0.387. The summed E-state index contributed by atoms with van der Waals surface area (Å²) in [7, 11) is -3.75. The second-order valence-electron chi connectivity index (χ2n) is 5.86. The molecule has 0 aliphatic carbocycles. The lowest BCUT2D eigenvalue weighted by molar-refractivity contribution is 0.0955. The second-order valence-corrected chi connectivity index (χ2v) is 8.83. The summed E-state index contributed by atoms with van der Waals surface area (Å²) < 4.78 is 28.1. The van der Waals surface area contributed by atoms with Crippen molar-refractivity contribution in [3.8, 4) is 0 Å². The Bertz CT molecular complexity index is 1150. The molecule has 0 saturated heterocycles. The Morgan fingerprint density at radius 3 is 2.28 bits per heavy atom. The van der Waals surface area contributed by atoms with E-state index in [0.717, 1.165) is 10.0 Å². The molecule has 9 heteroatoms. The van der Waals surface area contributed by atoms with Gasteiger partial charge >= 0.3 is 0 Å². The van der Waals surface area contributed by atoms with Gasteiger partial charge < -0.3 is 0 Å². The number of rotatable bonds is 6. The monoisotopic (exact) mass is 491 g/mol. The van der Waals surface area contributed by atoms with Crippen molar-refractivity contribution in [3.05, 3.63) is 93.4 Å². The Hall–Kier alpha value is -2.68. The van der Waals surface area contributed by atoms with Gasteiger partial charge in [-0.1, -0.05) is 45.7 Å². The van der Waals surface area contributed by atoms with Gasteiger partial charge in [-0.15, -0.1) is 0 Å². The highest BCUT2D eigenvalue weighted by Gasteiger charge is 2.14. The van der Waals surface area contributed by atoms with Crippen LogP contribution in [0.4, 0.5) is 5.69 Å². The molecule has 2 N–H and O–H groups in total. The van der Waals surface area contributed by atoms with Crippen molar-refractivity contribution in [2.24, 2.45) is 5.10 Å². The number of carbonyl (C=O) groups is 1. The molecule has 3 rings (SSSR count). The van der Waals surface area contributed by atoms with Gasteiger partial charge in [-0.25, -0.2) is 13.8 Å². The first kappa shape index (κ1) is 21.0. The lowest BCUT2D eigenvalue weighted by Gasteiger charge is -2.09. The van der Waals surface area contributed by atoms with Gasteiger partial charge in [0.15, 0.2) is 0 Å². The number of sulfonamides is 1. The number of carbonyl (C=O) groups excluding carboxylic acids is 1. The van der Waals surface area contributed by atoms with E-state index < -0.39 is 15.9 Å². The van der Waals surface area contributed by atoms with Crippen LogP contribution in [0.3, 0.4) is 0 Å². The van der Waals surface area contributed by atoms with E-state index in [2.05, 4.69) is 31.2 Å². The van der Waals surface area contributed by atoms with Crippen molar-refractivity contribution >= 4 is 55.4 Å². The van der Waals surface area contributed by atoms with Gasteiger partial charge in [0.2, 0.25) is 0 Å². The van der Waals surface area contributed by atoms with Crippen LogP contribution >= 0.6 is 27.5 Å². The number of nitrogens with zero attached hydrogens (tertiary/aromatic N) is 1. The fourth-order valence-electron chi connectivity index (χ4n) is 2.32. The molecule has 1 amide bonds. The summed E-state index contributed by atoms with van der Waals surface area (Å²) in [5.41, 5.74) is 3.92. The van der Waals surface area contributed by atoms with E-state index in [9.17, 15) is 13.2 Å². The highest BCUT2D eigenvalue weighted by molar-refractivity contribution is 9.10. The summed E-state index contributed by atoms with van der Waals surface area (Å²) in [6.07, 6.45) is 1.52. The summed E-state index contributed by atoms with van der Waals surface area (Å²) in [6.45, 7) is 0. The van der Waals surface area contributed by atoms with Crippen molar-refractivity contribution in [1.29, 1.82) is 0 Å². The van der Waals surface area contributed by atoms with Crippen molar-refractivity contribution in [3.63, 3.8) is 0 Å². The maximum absolute atomic E-state index is 12.4. The molecule has 6 nitrogen and oxygen atoms in total. The molecule has 29 heavy (non-hydrogen) atoms. The fourth-order valence-corrected chi connectivity index (χ4v) is 3.89. The molecule has 0 heterocycles.